The maximum Gasteiger partial charge on any atom is 0.412 e. The second kappa shape index (κ2) is 8.06. The standard InChI is InChI=1S/C17H28N2O4/c1-11(12(2)21-6)18-15-10-13(22-7)8-9-14(15)19-16(20)23-17(3,4)5/h8-12,18H,1-7H3,(H,19,20). The number of ether oxygens (including phenoxy) is 3. The van der Waals surface area contributed by atoms with Gasteiger partial charge in [0.15, 0.2) is 0 Å². The van der Waals surface area contributed by atoms with Gasteiger partial charge in [-0.1, -0.05) is 0 Å². The van der Waals surface area contributed by atoms with E-state index in [0.717, 1.165) is 5.69 Å². The first-order chi connectivity index (χ1) is 10.7. The van der Waals surface area contributed by atoms with Gasteiger partial charge in [0.1, 0.15) is 11.4 Å². The zero-order chi connectivity index (χ0) is 17.6. The van der Waals surface area contributed by atoms with Crippen LogP contribution >= 0.6 is 0 Å². The summed E-state index contributed by atoms with van der Waals surface area (Å²) in [5, 5.41) is 6.09. The summed E-state index contributed by atoms with van der Waals surface area (Å²) in [4.78, 5) is 12.0. The average Bonchev–Trinajstić information content (AvgIpc) is 2.46. The Balaban J connectivity index is 2.95. The second-order valence-corrected chi connectivity index (χ2v) is 6.41. The Labute approximate surface area is 138 Å². The minimum atomic E-state index is -0.554. The van der Waals surface area contributed by atoms with E-state index < -0.39 is 11.7 Å². The van der Waals surface area contributed by atoms with Crippen molar-refractivity contribution < 1.29 is 19.0 Å². The van der Waals surface area contributed by atoms with Crippen LogP contribution < -0.4 is 15.4 Å². The zero-order valence-corrected chi connectivity index (χ0v) is 15.0. The van der Waals surface area contributed by atoms with Crippen molar-refractivity contribution in [2.45, 2.75) is 52.4 Å². The number of rotatable bonds is 6. The third-order valence-electron chi connectivity index (χ3n) is 3.32. The lowest BCUT2D eigenvalue weighted by atomic mass is 10.1. The summed E-state index contributed by atoms with van der Waals surface area (Å²) in [6.07, 6.45) is -0.492. The van der Waals surface area contributed by atoms with Crippen LogP contribution in [0.25, 0.3) is 0 Å². The molecule has 0 spiro atoms. The van der Waals surface area contributed by atoms with Crippen molar-refractivity contribution in [1.82, 2.24) is 0 Å². The summed E-state index contributed by atoms with van der Waals surface area (Å²) >= 11 is 0. The van der Waals surface area contributed by atoms with Gasteiger partial charge in [0, 0.05) is 19.2 Å². The topological polar surface area (TPSA) is 68.8 Å². The molecular formula is C17H28N2O4. The molecule has 2 N–H and O–H groups in total. The molecule has 1 aromatic rings. The molecular weight excluding hydrogens is 296 g/mol. The summed E-state index contributed by atoms with van der Waals surface area (Å²) in [6, 6.07) is 5.43. The molecule has 0 aliphatic rings. The second-order valence-electron chi connectivity index (χ2n) is 6.41. The Bertz CT molecular complexity index is 526. The first kappa shape index (κ1) is 19.1. The molecule has 0 aliphatic heterocycles. The third-order valence-corrected chi connectivity index (χ3v) is 3.32. The summed E-state index contributed by atoms with van der Waals surface area (Å²) in [5.41, 5.74) is 0.809. The van der Waals surface area contributed by atoms with Gasteiger partial charge in [-0.2, -0.15) is 0 Å². The molecule has 1 amide bonds. The van der Waals surface area contributed by atoms with Crippen molar-refractivity contribution in [3.05, 3.63) is 18.2 Å². The minimum Gasteiger partial charge on any atom is -0.497 e. The normalized spacial score (nSPS) is 13.9. The Morgan fingerprint density at radius 2 is 1.78 bits per heavy atom. The van der Waals surface area contributed by atoms with E-state index in [1.165, 1.54) is 0 Å². The van der Waals surface area contributed by atoms with E-state index in [-0.39, 0.29) is 12.1 Å². The van der Waals surface area contributed by atoms with Crippen molar-refractivity contribution in [3.63, 3.8) is 0 Å². The summed E-state index contributed by atoms with van der Waals surface area (Å²) in [7, 11) is 3.26. The van der Waals surface area contributed by atoms with Crippen LogP contribution in [0.5, 0.6) is 5.75 Å². The van der Waals surface area contributed by atoms with Crippen LogP contribution in [-0.2, 0) is 9.47 Å². The van der Waals surface area contributed by atoms with Gasteiger partial charge >= 0.3 is 6.09 Å². The first-order valence-corrected chi connectivity index (χ1v) is 7.63. The van der Waals surface area contributed by atoms with Crippen LogP contribution in [-0.4, -0.2) is 38.1 Å². The number of methoxy groups -OCH3 is 2. The number of carbonyl (C=O) groups excluding carboxylic acids is 1. The first-order valence-electron chi connectivity index (χ1n) is 7.63. The van der Waals surface area contributed by atoms with Gasteiger partial charge in [-0.3, -0.25) is 5.32 Å². The molecule has 6 nitrogen and oxygen atoms in total. The van der Waals surface area contributed by atoms with Crippen LogP contribution in [0.4, 0.5) is 16.2 Å². The fourth-order valence-corrected chi connectivity index (χ4v) is 1.86. The summed E-state index contributed by atoms with van der Waals surface area (Å²) in [6.45, 7) is 9.44. The molecule has 0 radical (unpaired) electrons. The molecule has 2 unspecified atom stereocenters. The van der Waals surface area contributed by atoms with E-state index in [4.69, 9.17) is 14.2 Å². The van der Waals surface area contributed by atoms with Gasteiger partial charge in [-0.15, -0.1) is 0 Å². The Morgan fingerprint density at radius 3 is 2.30 bits per heavy atom. The molecule has 130 valence electrons. The van der Waals surface area contributed by atoms with Crippen LogP contribution in [0.15, 0.2) is 18.2 Å². The molecule has 0 saturated carbocycles. The molecule has 0 saturated heterocycles. The van der Waals surface area contributed by atoms with Crippen molar-refractivity contribution in [2.75, 3.05) is 24.9 Å². The number of nitrogens with one attached hydrogen (secondary N) is 2. The zero-order valence-electron chi connectivity index (χ0n) is 15.0. The maximum atomic E-state index is 12.0. The van der Waals surface area contributed by atoms with E-state index in [2.05, 4.69) is 10.6 Å². The quantitative estimate of drug-likeness (QED) is 0.831. The average molecular weight is 324 g/mol. The van der Waals surface area contributed by atoms with Crippen LogP contribution in [0, 0.1) is 0 Å². The van der Waals surface area contributed by atoms with E-state index in [1.807, 2.05) is 40.7 Å². The molecule has 0 heterocycles. The largest absolute Gasteiger partial charge is 0.497 e. The maximum absolute atomic E-state index is 12.0. The van der Waals surface area contributed by atoms with Crippen molar-refractivity contribution in [2.24, 2.45) is 0 Å². The highest BCUT2D eigenvalue weighted by atomic mass is 16.6. The molecule has 2 atom stereocenters. The van der Waals surface area contributed by atoms with Gasteiger partial charge < -0.3 is 19.5 Å². The summed E-state index contributed by atoms with van der Waals surface area (Å²) < 4.78 is 15.9. The Morgan fingerprint density at radius 1 is 1.13 bits per heavy atom. The highest BCUT2D eigenvalue weighted by Gasteiger charge is 2.19. The predicted octanol–water partition coefficient (Wildman–Crippen LogP) is 3.88. The summed E-state index contributed by atoms with van der Waals surface area (Å²) in [5.74, 6) is 0.694. The molecule has 1 rings (SSSR count). The smallest absolute Gasteiger partial charge is 0.412 e. The lowest BCUT2D eigenvalue weighted by molar-refractivity contribution is 0.0636. The number of amides is 1. The monoisotopic (exact) mass is 324 g/mol. The van der Waals surface area contributed by atoms with E-state index in [0.29, 0.717) is 11.4 Å². The van der Waals surface area contributed by atoms with Crippen LogP contribution in [0.2, 0.25) is 0 Å². The van der Waals surface area contributed by atoms with Gasteiger partial charge in [-0.05, 0) is 46.8 Å². The SMILES string of the molecule is COc1ccc(NC(=O)OC(C)(C)C)c(NC(C)C(C)OC)c1. The van der Waals surface area contributed by atoms with Gasteiger partial charge in [0.05, 0.1) is 24.6 Å². The fourth-order valence-electron chi connectivity index (χ4n) is 1.86. The Kier molecular flexibility index (Phi) is 6.69. The van der Waals surface area contributed by atoms with E-state index in [9.17, 15) is 4.79 Å². The van der Waals surface area contributed by atoms with E-state index >= 15 is 0 Å². The van der Waals surface area contributed by atoms with E-state index in [1.54, 1.807) is 26.4 Å². The van der Waals surface area contributed by atoms with Crippen molar-refractivity contribution in [1.29, 1.82) is 0 Å². The molecule has 23 heavy (non-hydrogen) atoms. The molecule has 6 heteroatoms. The number of benzene rings is 1. The van der Waals surface area contributed by atoms with Crippen molar-refractivity contribution >= 4 is 17.5 Å². The Hall–Kier alpha value is -1.95. The fraction of sp³-hybridized carbons (Fsp3) is 0.588. The molecule has 1 aromatic carbocycles. The molecule has 0 aliphatic carbocycles. The molecule has 0 aromatic heterocycles. The highest BCUT2D eigenvalue weighted by molar-refractivity contribution is 5.90. The predicted molar refractivity (Wildman–Crippen MR) is 92.4 cm³/mol. The van der Waals surface area contributed by atoms with Crippen molar-refractivity contribution in [3.8, 4) is 5.75 Å². The van der Waals surface area contributed by atoms with Gasteiger partial charge in [-0.25, -0.2) is 4.79 Å². The van der Waals surface area contributed by atoms with Gasteiger partial charge in [0.2, 0.25) is 0 Å². The van der Waals surface area contributed by atoms with Gasteiger partial charge in [0.25, 0.3) is 0 Å². The number of hydrogen-bond donors (Lipinski definition) is 2. The third kappa shape index (κ3) is 6.36. The lowest BCUT2D eigenvalue weighted by Crippen LogP contribution is -2.31. The molecule has 0 fully saturated rings. The van der Waals surface area contributed by atoms with Crippen LogP contribution in [0.3, 0.4) is 0 Å². The number of anilines is 2. The highest BCUT2D eigenvalue weighted by Crippen LogP contribution is 2.28. The molecule has 0 bridgehead atoms. The number of hydrogen-bond acceptors (Lipinski definition) is 5. The minimum absolute atomic E-state index is 0.00979. The lowest BCUT2D eigenvalue weighted by Gasteiger charge is -2.24. The number of carbonyl (C=O) groups is 1. The van der Waals surface area contributed by atoms with Crippen LogP contribution in [0.1, 0.15) is 34.6 Å².